The van der Waals surface area contributed by atoms with Gasteiger partial charge < -0.3 is 9.84 Å². The van der Waals surface area contributed by atoms with Gasteiger partial charge in [-0.25, -0.2) is 0 Å². The van der Waals surface area contributed by atoms with Crippen LogP contribution in [0.15, 0.2) is 0 Å². The molecule has 1 atom stereocenters. The molecule has 0 aliphatic carbocycles. The van der Waals surface area contributed by atoms with E-state index in [1.165, 1.54) is 44.9 Å². The zero-order chi connectivity index (χ0) is 12.8. The molecule has 0 saturated carbocycles. The maximum absolute atomic E-state index is 9.62. The van der Waals surface area contributed by atoms with Crippen molar-refractivity contribution in [1.29, 1.82) is 0 Å². The molecule has 0 heterocycles. The second kappa shape index (κ2) is 14.0. The van der Waals surface area contributed by atoms with E-state index in [-0.39, 0.29) is 6.10 Å². The van der Waals surface area contributed by atoms with Crippen LogP contribution in [0.4, 0.5) is 0 Å². The summed E-state index contributed by atoms with van der Waals surface area (Å²) < 4.78 is 5.32. The predicted octanol–water partition coefficient (Wildman–Crippen LogP) is 4.30. The van der Waals surface area contributed by atoms with Crippen molar-refractivity contribution in [3.8, 4) is 0 Å². The zero-order valence-electron chi connectivity index (χ0n) is 11.9. The van der Waals surface area contributed by atoms with Gasteiger partial charge in [0.25, 0.3) is 0 Å². The first kappa shape index (κ1) is 16.9. The topological polar surface area (TPSA) is 29.5 Å². The summed E-state index contributed by atoms with van der Waals surface area (Å²) in [6, 6.07) is 0. The predicted molar refractivity (Wildman–Crippen MR) is 74.3 cm³/mol. The van der Waals surface area contributed by atoms with Crippen molar-refractivity contribution in [2.24, 2.45) is 0 Å². The lowest BCUT2D eigenvalue weighted by Crippen LogP contribution is -2.15. The van der Waals surface area contributed by atoms with Crippen molar-refractivity contribution in [3.63, 3.8) is 0 Å². The Kier molecular flexibility index (Phi) is 13.9. The summed E-state index contributed by atoms with van der Waals surface area (Å²) >= 11 is 0. The highest BCUT2D eigenvalue weighted by Gasteiger charge is 2.03. The van der Waals surface area contributed by atoms with Gasteiger partial charge in [-0.05, 0) is 12.8 Å². The van der Waals surface area contributed by atoms with Crippen molar-refractivity contribution < 1.29 is 9.84 Å². The average molecular weight is 244 g/mol. The summed E-state index contributed by atoms with van der Waals surface area (Å²) in [5.41, 5.74) is 0. The quantitative estimate of drug-likeness (QED) is 0.489. The van der Waals surface area contributed by atoms with Crippen LogP contribution in [0.1, 0.15) is 78.1 Å². The summed E-state index contributed by atoms with van der Waals surface area (Å²) in [6.45, 7) is 5.63. The molecule has 2 heteroatoms. The highest BCUT2D eigenvalue weighted by atomic mass is 16.5. The first-order valence-corrected chi connectivity index (χ1v) is 7.57. The minimum absolute atomic E-state index is 0.248. The normalized spacial score (nSPS) is 12.9. The van der Waals surface area contributed by atoms with Gasteiger partial charge in [0.1, 0.15) is 0 Å². The van der Waals surface area contributed by atoms with E-state index in [4.69, 9.17) is 4.74 Å². The number of rotatable bonds is 13. The van der Waals surface area contributed by atoms with Gasteiger partial charge in [-0.2, -0.15) is 0 Å². The Morgan fingerprint density at radius 3 is 2.00 bits per heavy atom. The molecule has 0 aliphatic heterocycles. The molecule has 104 valence electrons. The van der Waals surface area contributed by atoms with Gasteiger partial charge in [0, 0.05) is 6.61 Å². The lowest BCUT2D eigenvalue weighted by molar-refractivity contribution is 0.0316. The van der Waals surface area contributed by atoms with Crippen molar-refractivity contribution in [3.05, 3.63) is 0 Å². The van der Waals surface area contributed by atoms with E-state index in [0.29, 0.717) is 6.61 Å². The summed E-state index contributed by atoms with van der Waals surface area (Å²) in [7, 11) is 0. The zero-order valence-corrected chi connectivity index (χ0v) is 11.9. The van der Waals surface area contributed by atoms with E-state index < -0.39 is 0 Å². The Balaban J connectivity index is 3.05. The molecule has 0 bridgehead atoms. The van der Waals surface area contributed by atoms with E-state index in [1.54, 1.807) is 0 Å². The van der Waals surface area contributed by atoms with Crippen molar-refractivity contribution in [1.82, 2.24) is 0 Å². The monoisotopic (exact) mass is 244 g/mol. The summed E-state index contributed by atoms with van der Waals surface area (Å²) in [5.74, 6) is 0. The first-order chi connectivity index (χ1) is 8.31. The Bertz CT molecular complexity index is 137. The van der Waals surface area contributed by atoms with Crippen LogP contribution in [0.25, 0.3) is 0 Å². The van der Waals surface area contributed by atoms with Crippen LogP contribution in [-0.2, 0) is 4.74 Å². The van der Waals surface area contributed by atoms with E-state index in [0.717, 1.165) is 25.9 Å². The molecule has 0 aromatic carbocycles. The summed E-state index contributed by atoms with van der Waals surface area (Å²) in [6.07, 6.45) is 12.3. The SMILES string of the molecule is CCCCCCCCCCC(O)COCCC. The fraction of sp³-hybridized carbons (Fsp3) is 1.00. The Labute approximate surface area is 108 Å². The highest BCUT2D eigenvalue weighted by molar-refractivity contribution is 4.55. The van der Waals surface area contributed by atoms with Gasteiger partial charge >= 0.3 is 0 Å². The van der Waals surface area contributed by atoms with Gasteiger partial charge in [0.2, 0.25) is 0 Å². The van der Waals surface area contributed by atoms with Crippen LogP contribution in [0, 0.1) is 0 Å². The molecule has 17 heavy (non-hydrogen) atoms. The lowest BCUT2D eigenvalue weighted by atomic mass is 10.1. The van der Waals surface area contributed by atoms with E-state index in [1.807, 2.05) is 0 Å². The second-order valence-corrected chi connectivity index (χ2v) is 4.99. The molecule has 0 saturated heterocycles. The van der Waals surface area contributed by atoms with E-state index >= 15 is 0 Å². The minimum Gasteiger partial charge on any atom is -0.391 e. The fourth-order valence-corrected chi connectivity index (χ4v) is 1.96. The van der Waals surface area contributed by atoms with Crippen LogP contribution in [0.3, 0.4) is 0 Å². The lowest BCUT2D eigenvalue weighted by Gasteiger charge is -2.10. The number of aliphatic hydroxyl groups is 1. The fourth-order valence-electron chi connectivity index (χ4n) is 1.96. The standard InChI is InChI=1S/C15H32O2/c1-3-5-6-7-8-9-10-11-12-15(16)14-17-13-4-2/h15-16H,3-14H2,1-2H3. The molecule has 0 radical (unpaired) electrons. The van der Waals surface area contributed by atoms with Gasteiger partial charge in [0.05, 0.1) is 12.7 Å². The smallest absolute Gasteiger partial charge is 0.0773 e. The number of aliphatic hydroxyl groups excluding tert-OH is 1. The number of hydrogen-bond acceptors (Lipinski definition) is 2. The van der Waals surface area contributed by atoms with Crippen LogP contribution in [0.2, 0.25) is 0 Å². The Morgan fingerprint density at radius 1 is 0.824 bits per heavy atom. The third-order valence-electron chi connectivity index (χ3n) is 3.05. The van der Waals surface area contributed by atoms with Gasteiger partial charge in [-0.1, -0.05) is 65.2 Å². The molecule has 0 rings (SSSR count). The van der Waals surface area contributed by atoms with Crippen molar-refractivity contribution in [2.45, 2.75) is 84.2 Å². The molecule has 0 aliphatic rings. The minimum atomic E-state index is -0.248. The number of hydrogen-bond donors (Lipinski definition) is 1. The van der Waals surface area contributed by atoms with E-state index in [2.05, 4.69) is 13.8 Å². The first-order valence-electron chi connectivity index (χ1n) is 7.57. The number of unbranched alkanes of at least 4 members (excludes halogenated alkanes) is 7. The molecule has 0 aromatic heterocycles. The van der Waals surface area contributed by atoms with Crippen LogP contribution >= 0.6 is 0 Å². The summed E-state index contributed by atoms with van der Waals surface area (Å²) in [5, 5.41) is 9.62. The van der Waals surface area contributed by atoms with E-state index in [9.17, 15) is 5.11 Å². The molecule has 0 fully saturated rings. The van der Waals surface area contributed by atoms with Crippen LogP contribution in [0.5, 0.6) is 0 Å². The molecule has 2 nitrogen and oxygen atoms in total. The highest BCUT2D eigenvalue weighted by Crippen LogP contribution is 2.10. The molecular weight excluding hydrogens is 212 g/mol. The maximum Gasteiger partial charge on any atom is 0.0773 e. The molecule has 0 aromatic rings. The average Bonchev–Trinajstić information content (AvgIpc) is 2.33. The second-order valence-electron chi connectivity index (χ2n) is 4.99. The third kappa shape index (κ3) is 13.9. The Morgan fingerprint density at radius 2 is 1.41 bits per heavy atom. The molecular formula is C15H32O2. The molecule has 0 amide bonds. The Hall–Kier alpha value is -0.0800. The van der Waals surface area contributed by atoms with Crippen LogP contribution in [-0.4, -0.2) is 24.4 Å². The molecule has 0 spiro atoms. The summed E-state index contributed by atoms with van der Waals surface area (Å²) in [4.78, 5) is 0. The molecule has 1 unspecified atom stereocenters. The maximum atomic E-state index is 9.62. The number of ether oxygens (including phenoxy) is 1. The van der Waals surface area contributed by atoms with Crippen LogP contribution < -0.4 is 0 Å². The largest absolute Gasteiger partial charge is 0.391 e. The molecule has 1 N–H and O–H groups in total. The third-order valence-corrected chi connectivity index (χ3v) is 3.05. The van der Waals surface area contributed by atoms with Gasteiger partial charge in [0.15, 0.2) is 0 Å². The van der Waals surface area contributed by atoms with Gasteiger partial charge in [-0.15, -0.1) is 0 Å². The van der Waals surface area contributed by atoms with Crippen molar-refractivity contribution in [2.75, 3.05) is 13.2 Å². The van der Waals surface area contributed by atoms with Gasteiger partial charge in [-0.3, -0.25) is 0 Å². The van der Waals surface area contributed by atoms with Crippen molar-refractivity contribution >= 4 is 0 Å².